The maximum atomic E-state index is 13.5. The van der Waals surface area contributed by atoms with Crippen LogP contribution in [0.4, 0.5) is 0 Å². The zero-order valence-electron chi connectivity index (χ0n) is 19.8. The van der Waals surface area contributed by atoms with E-state index in [9.17, 15) is 9.59 Å². The van der Waals surface area contributed by atoms with Crippen LogP contribution in [0.2, 0.25) is 0 Å². The number of benzene rings is 1. The Labute approximate surface area is 209 Å². The number of ether oxygens (including phenoxy) is 1. The zero-order valence-corrected chi connectivity index (χ0v) is 20.6. The molecule has 1 saturated heterocycles. The lowest BCUT2D eigenvalue weighted by Gasteiger charge is -2.56. The molecule has 7 rings (SSSR count). The van der Waals surface area contributed by atoms with Crippen molar-refractivity contribution in [1.29, 1.82) is 0 Å². The largest absolute Gasteiger partial charge is 0.465 e. The van der Waals surface area contributed by atoms with Crippen molar-refractivity contribution >= 4 is 23.6 Å². The second-order valence-corrected chi connectivity index (χ2v) is 11.7. The molecule has 1 aromatic carbocycles. The summed E-state index contributed by atoms with van der Waals surface area (Å²) in [5.74, 6) is 2.21. The highest BCUT2D eigenvalue weighted by molar-refractivity contribution is 7.99. The van der Waals surface area contributed by atoms with Crippen molar-refractivity contribution in [3.05, 3.63) is 36.1 Å². The number of piperazine rings is 1. The van der Waals surface area contributed by atoms with Crippen LogP contribution in [0, 0.1) is 17.8 Å². The third-order valence-corrected chi connectivity index (χ3v) is 9.08. The molecule has 4 aliphatic carbocycles. The van der Waals surface area contributed by atoms with Gasteiger partial charge in [0.15, 0.2) is 6.61 Å². The molecule has 2 amide bonds. The summed E-state index contributed by atoms with van der Waals surface area (Å²) in [6, 6.07) is 9.77. The monoisotopic (exact) mass is 496 g/mol. The van der Waals surface area contributed by atoms with Crippen molar-refractivity contribution in [2.45, 2.75) is 53.9 Å². The molecule has 9 heteroatoms. The van der Waals surface area contributed by atoms with Crippen molar-refractivity contribution < 1.29 is 18.8 Å². The minimum atomic E-state index is -0.235. The van der Waals surface area contributed by atoms with Crippen LogP contribution in [0.15, 0.2) is 44.6 Å². The molecule has 0 unspecified atom stereocenters. The van der Waals surface area contributed by atoms with E-state index in [0.29, 0.717) is 18.0 Å². The second-order valence-electron chi connectivity index (χ2n) is 10.6. The number of nitrogens with one attached hydrogen (secondary N) is 2. The first kappa shape index (κ1) is 22.9. The fraction of sp³-hybridized carbons (Fsp3) is 0.577. The Hall–Kier alpha value is -2.52. The predicted octanol–water partition coefficient (Wildman–Crippen LogP) is 3.34. The summed E-state index contributed by atoms with van der Waals surface area (Å²) in [5.41, 5.74) is -0.132. The Morgan fingerprint density at radius 2 is 1.74 bits per heavy atom. The van der Waals surface area contributed by atoms with Crippen molar-refractivity contribution in [1.82, 2.24) is 20.7 Å². The third kappa shape index (κ3) is 4.80. The Morgan fingerprint density at radius 1 is 1.09 bits per heavy atom. The first-order valence-corrected chi connectivity index (χ1v) is 13.5. The third-order valence-electron chi connectivity index (χ3n) is 8.01. The second kappa shape index (κ2) is 9.50. The molecule has 8 nitrogen and oxygen atoms in total. The lowest BCUT2D eigenvalue weighted by Crippen LogP contribution is -2.59. The summed E-state index contributed by atoms with van der Waals surface area (Å²) < 4.78 is 11.4. The molecule has 35 heavy (non-hydrogen) atoms. The Kier molecular flexibility index (Phi) is 6.22. The number of carbonyl (C=O) groups excluding carboxylic acids is 2. The molecule has 0 radical (unpaired) electrons. The van der Waals surface area contributed by atoms with Crippen molar-refractivity contribution in [3.8, 4) is 5.88 Å². The Balaban J connectivity index is 1.21. The van der Waals surface area contributed by atoms with E-state index in [-0.39, 0.29) is 35.6 Å². The van der Waals surface area contributed by atoms with Gasteiger partial charge in [-0.3, -0.25) is 9.59 Å². The van der Waals surface area contributed by atoms with Gasteiger partial charge in [0.05, 0.1) is 0 Å². The summed E-state index contributed by atoms with van der Waals surface area (Å²) >= 11 is 1.38. The molecule has 4 bridgehead atoms. The van der Waals surface area contributed by atoms with E-state index in [0.717, 1.165) is 55.0 Å². The van der Waals surface area contributed by atoms with Crippen LogP contribution in [-0.2, 0) is 4.79 Å². The molecular weight excluding hydrogens is 464 g/mol. The normalized spacial score (nSPS) is 29.3. The maximum absolute atomic E-state index is 13.5. The van der Waals surface area contributed by atoms with Gasteiger partial charge in [-0.15, -0.1) is 0 Å². The minimum absolute atomic E-state index is 0.0928. The highest BCUT2D eigenvalue weighted by Gasteiger charge is 2.52. The maximum Gasteiger partial charge on any atom is 0.291 e. The minimum Gasteiger partial charge on any atom is -0.465 e. The number of rotatable bonds is 7. The van der Waals surface area contributed by atoms with Gasteiger partial charge in [-0.05, 0) is 73.6 Å². The molecule has 2 heterocycles. The molecule has 0 spiro atoms. The molecule has 2 N–H and O–H groups in total. The predicted molar refractivity (Wildman–Crippen MR) is 130 cm³/mol. The van der Waals surface area contributed by atoms with Crippen LogP contribution >= 0.6 is 11.8 Å². The van der Waals surface area contributed by atoms with Gasteiger partial charge in [0.2, 0.25) is 5.76 Å². The highest BCUT2D eigenvalue weighted by Crippen LogP contribution is 2.55. The number of aromatic nitrogens is 1. The van der Waals surface area contributed by atoms with Gasteiger partial charge >= 0.3 is 0 Å². The van der Waals surface area contributed by atoms with E-state index < -0.39 is 0 Å². The standard InChI is InChI=1S/C26H32N4O4S/c31-21(30-8-6-27-7-9-30)16-33-25-23(35-20-4-2-1-3-5-20)22(34-29-25)24(32)28-26-13-17-10-18(14-26)12-19(11-17)15-26/h1-5,17-19,27H,6-16H2,(H,28,32). The SMILES string of the molecule is O=C(NC12CC3CC(CC(C3)C1)C2)c1onc(OCC(=O)N2CCNCC2)c1Sc1ccccc1. The zero-order chi connectivity index (χ0) is 23.8. The highest BCUT2D eigenvalue weighted by atomic mass is 32.2. The first-order valence-electron chi connectivity index (χ1n) is 12.7. The first-order chi connectivity index (χ1) is 17.1. The Morgan fingerprint density at radius 3 is 2.40 bits per heavy atom. The van der Waals surface area contributed by atoms with Gasteiger partial charge in [-0.2, -0.15) is 0 Å². The molecule has 2 aromatic rings. The fourth-order valence-corrected chi connectivity index (χ4v) is 7.83. The van der Waals surface area contributed by atoms with Gasteiger partial charge < -0.3 is 24.8 Å². The quantitative estimate of drug-likeness (QED) is 0.607. The number of carbonyl (C=O) groups is 2. The molecule has 5 aliphatic rings. The van der Waals surface area contributed by atoms with Crippen molar-refractivity contribution in [2.75, 3.05) is 32.8 Å². The van der Waals surface area contributed by atoms with Crippen LogP contribution in [-0.4, -0.2) is 60.2 Å². The molecule has 186 valence electrons. The summed E-state index contributed by atoms with van der Waals surface area (Å²) in [6.45, 7) is 2.74. The van der Waals surface area contributed by atoms with E-state index in [1.807, 2.05) is 30.3 Å². The average Bonchev–Trinajstić information content (AvgIpc) is 3.25. The Bertz CT molecular complexity index is 1050. The lowest BCUT2D eigenvalue weighted by molar-refractivity contribution is -0.134. The van der Waals surface area contributed by atoms with E-state index >= 15 is 0 Å². The topological polar surface area (TPSA) is 96.7 Å². The smallest absolute Gasteiger partial charge is 0.291 e. The van der Waals surface area contributed by atoms with Crippen LogP contribution in [0.3, 0.4) is 0 Å². The molecule has 5 fully saturated rings. The van der Waals surface area contributed by atoms with Gasteiger partial charge in [-0.25, -0.2) is 0 Å². The molecule has 1 aliphatic heterocycles. The number of hydrogen-bond donors (Lipinski definition) is 2. The summed E-state index contributed by atoms with van der Waals surface area (Å²) in [5, 5.41) is 10.7. The van der Waals surface area contributed by atoms with Crippen LogP contribution in [0.1, 0.15) is 49.1 Å². The fourth-order valence-electron chi connectivity index (χ4n) is 6.90. The summed E-state index contributed by atoms with van der Waals surface area (Å²) in [6.07, 6.45) is 7.11. The van der Waals surface area contributed by atoms with Crippen molar-refractivity contribution in [3.63, 3.8) is 0 Å². The van der Waals surface area contributed by atoms with Crippen molar-refractivity contribution in [2.24, 2.45) is 17.8 Å². The van der Waals surface area contributed by atoms with Gasteiger partial charge in [0, 0.05) is 36.6 Å². The van der Waals surface area contributed by atoms with Crippen LogP contribution in [0.25, 0.3) is 0 Å². The average molecular weight is 497 g/mol. The van der Waals surface area contributed by atoms with E-state index in [1.165, 1.54) is 31.0 Å². The summed E-state index contributed by atoms with van der Waals surface area (Å²) in [4.78, 5) is 29.4. The van der Waals surface area contributed by atoms with Crippen LogP contribution in [0.5, 0.6) is 5.88 Å². The van der Waals surface area contributed by atoms with E-state index in [1.54, 1.807) is 4.90 Å². The lowest BCUT2D eigenvalue weighted by atomic mass is 9.53. The van der Waals surface area contributed by atoms with Gasteiger partial charge in [-0.1, -0.05) is 30.0 Å². The number of amides is 2. The number of nitrogens with zero attached hydrogens (tertiary/aromatic N) is 2. The number of hydrogen-bond acceptors (Lipinski definition) is 7. The molecule has 0 atom stereocenters. The molecule has 4 saturated carbocycles. The van der Waals surface area contributed by atoms with Gasteiger partial charge in [0.1, 0.15) is 4.90 Å². The van der Waals surface area contributed by atoms with Gasteiger partial charge in [0.25, 0.3) is 17.7 Å². The molecule has 1 aromatic heterocycles. The molecular formula is C26H32N4O4S. The van der Waals surface area contributed by atoms with E-state index in [2.05, 4.69) is 15.8 Å². The summed E-state index contributed by atoms with van der Waals surface area (Å²) in [7, 11) is 0. The van der Waals surface area contributed by atoms with Crippen LogP contribution < -0.4 is 15.4 Å². The van der Waals surface area contributed by atoms with E-state index in [4.69, 9.17) is 9.26 Å².